The van der Waals surface area contributed by atoms with Crippen molar-refractivity contribution in [1.29, 1.82) is 0 Å². The molecule has 0 saturated carbocycles. The van der Waals surface area contributed by atoms with E-state index in [1.165, 1.54) is 4.90 Å². The number of amides is 1. The van der Waals surface area contributed by atoms with Gasteiger partial charge in [-0.15, -0.1) is 0 Å². The quantitative estimate of drug-likeness (QED) is 0.895. The lowest BCUT2D eigenvalue weighted by molar-refractivity contribution is 0.0736. The SMILES string of the molecule is CN(CC(C)(C)CN)C(=O)c1ccc(F)cc1F. The van der Waals surface area contributed by atoms with Gasteiger partial charge in [-0.3, -0.25) is 4.79 Å². The van der Waals surface area contributed by atoms with Crippen molar-refractivity contribution >= 4 is 5.91 Å². The molecule has 0 aliphatic heterocycles. The van der Waals surface area contributed by atoms with E-state index in [4.69, 9.17) is 5.73 Å². The minimum atomic E-state index is -0.850. The van der Waals surface area contributed by atoms with Gasteiger partial charge in [-0.05, 0) is 24.1 Å². The van der Waals surface area contributed by atoms with Crippen molar-refractivity contribution in [2.75, 3.05) is 20.1 Å². The van der Waals surface area contributed by atoms with Gasteiger partial charge < -0.3 is 10.6 Å². The second kappa shape index (κ2) is 5.44. The van der Waals surface area contributed by atoms with Crippen LogP contribution < -0.4 is 5.73 Å². The van der Waals surface area contributed by atoms with E-state index in [1.54, 1.807) is 7.05 Å². The summed E-state index contributed by atoms with van der Waals surface area (Å²) < 4.78 is 26.2. The Kier molecular flexibility index (Phi) is 4.40. The van der Waals surface area contributed by atoms with Gasteiger partial charge in [-0.25, -0.2) is 8.78 Å². The summed E-state index contributed by atoms with van der Waals surface area (Å²) in [5.74, 6) is -2.03. The van der Waals surface area contributed by atoms with Crippen molar-refractivity contribution in [2.45, 2.75) is 13.8 Å². The number of nitrogens with zero attached hydrogens (tertiary/aromatic N) is 1. The van der Waals surface area contributed by atoms with Gasteiger partial charge in [0.15, 0.2) is 0 Å². The highest BCUT2D eigenvalue weighted by molar-refractivity contribution is 5.94. The summed E-state index contributed by atoms with van der Waals surface area (Å²) >= 11 is 0. The summed E-state index contributed by atoms with van der Waals surface area (Å²) in [4.78, 5) is 13.4. The van der Waals surface area contributed by atoms with E-state index < -0.39 is 17.5 Å². The number of halogens is 2. The Balaban J connectivity index is 2.87. The molecule has 0 saturated heterocycles. The fourth-order valence-corrected chi connectivity index (χ4v) is 1.65. The molecule has 0 atom stereocenters. The van der Waals surface area contributed by atoms with Crippen LogP contribution in [0.2, 0.25) is 0 Å². The Morgan fingerprint density at radius 1 is 1.39 bits per heavy atom. The third-order valence-corrected chi connectivity index (χ3v) is 2.73. The highest BCUT2D eigenvalue weighted by Gasteiger charge is 2.23. The highest BCUT2D eigenvalue weighted by Crippen LogP contribution is 2.17. The molecule has 3 nitrogen and oxygen atoms in total. The Morgan fingerprint density at radius 3 is 2.50 bits per heavy atom. The molecule has 100 valence electrons. The minimum Gasteiger partial charge on any atom is -0.341 e. The number of benzene rings is 1. The molecule has 0 aliphatic rings. The highest BCUT2D eigenvalue weighted by atomic mass is 19.1. The number of rotatable bonds is 4. The summed E-state index contributed by atoms with van der Waals surface area (Å²) in [6.45, 7) is 4.64. The van der Waals surface area contributed by atoms with E-state index >= 15 is 0 Å². The van der Waals surface area contributed by atoms with Crippen molar-refractivity contribution in [3.05, 3.63) is 35.4 Å². The number of hydrogen-bond acceptors (Lipinski definition) is 2. The zero-order valence-corrected chi connectivity index (χ0v) is 10.8. The molecule has 18 heavy (non-hydrogen) atoms. The van der Waals surface area contributed by atoms with Gasteiger partial charge in [0, 0.05) is 19.7 Å². The number of nitrogens with two attached hydrogens (primary N) is 1. The Bertz CT molecular complexity index is 447. The lowest BCUT2D eigenvalue weighted by atomic mass is 9.93. The molecular formula is C13H18F2N2O. The van der Waals surface area contributed by atoms with Crippen LogP contribution in [0, 0.1) is 17.0 Å². The maximum Gasteiger partial charge on any atom is 0.256 e. The molecule has 0 fully saturated rings. The van der Waals surface area contributed by atoms with Crippen molar-refractivity contribution in [3.8, 4) is 0 Å². The lowest BCUT2D eigenvalue weighted by Gasteiger charge is -2.29. The summed E-state index contributed by atoms with van der Waals surface area (Å²) in [6, 6.07) is 2.92. The molecule has 5 heteroatoms. The van der Waals surface area contributed by atoms with Gasteiger partial charge in [0.1, 0.15) is 11.6 Å². The van der Waals surface area contributed by atoms with Crippen molar-refractivity contribution in [3.63, 3.8) is 0 Å². The van der Waals surface area contributed by atoms with Crippen LogP contribution in [-0.2, 0) is 0 Å². The second-order valence-corrected chi connectivity index (χ2v) is 5.15. The van der Waals surface area contributed by atoms with Gasteiger partial charge in [0.05, 0.1) is 5.56 Å². The normalized spacial score (nSPS) is 11.4. The molecule has 0 aliphatic carbocycles. The molecule has 1 aromatic carbocycles. The standard InChI is InChI=1S/C13H18F2N2O/c1-13(2,7-16)8-17(3)12(18)10-5-4-9(14)6-11(10)15/h4-6H,7-8,16H2,1-3H3. The first-order chi connectivity index (χ1) is 8.26. The third kappa shape index (κ3) is 3.50. The monoisotopic (exact) mass is 256 g/mol. The van der Waals surface area contributed by atoms with Crippen LogP contribution in [0.15, 0.2) is 18.2 Å². The smallest absolute Gasteiger partial charge is 0.256 e. The summed E-state index contributed by atoms with van der Waals surface area (Å²) in [7, 11) is 1.57. The zero-order valence-electron chi connectivity index (χ0n) is 10.8. The van der Waals surface area contributed by atoms with E-state index in [0.29, 0.717) is 19.2 Å². The Labute approximate surface area is 106 Å². The van der Waals surface area contributed by atoms with Crippen LogP contribution >= 0.6 is 0 Å². The van der Waals surface area contributed by atoms with Crippen LogP contribution in [0.4, 0.5) is 8.78 Å². The van der Waals surface area contributed by atoms with Gasteiger partial charge in [0.25, 0.3) is 5.91 Å². The molecule has 0 unspecified atom stereocenters. The van der Waals surface area contributed by atoms with E-state index in [1.807, 2.05) is 13.8 Å². The van der Waals surface area contributed by atoms with Gasteiger partial charge >= 0.3 is 0 Å². The Hall–Kier alpha value is -1.49. The first kappa shape index (κ1) is 14.6. The average molecular weight is 256 g/mol. The summed E-state index contributed by atoms with van der Waals surface area (Å²) in [5.41, 5.74) is 5.20. The molecule has 0 aromatic heterocycles. The summed E-state index contributed by atoms with van der Waals surface area (Å²) in [5, 5.41) is 0. The maximum atomic E-state index is 13.5. The Morgan fingerprint density at radius 2 is 2.00 bits per heavy atom. The van der Waals surface area contributed by atoms with Crippen molar-refractivity contribution < 1.29 is 13.6 Å². The maximum absolute atomic E-state index is 13.5. The fraction of sp³-hybridized carbons (Fsp3) is 0.462. The molecule has 2 N–H and O–H groups in total. The average Bonchev–Trinajstić information content (AvgIpc) is 2.27. The van der Waals surface area contributed by atoms with E-state index in [2.05, 4.69) is 0 Å². The predicted molar refractivity (Wildman–Crippen MR) is 66.2 cm³/mol. The largest absolute Gasteiger partial charge is 0.341 e. The lowest BCUT2D eigenvalue weighted by Crippen LogP contribution is -2.40. The molecule has 0 radical (unpaired) electrons. The second-order valence-electron chi connectivity index (χ2n) is 5.15. The van der Waals surface area contributed by atoms with Gasteiger partial charge in [0.2, 0.25) is 0 Å². The molecule has 0 heterocycles. The molecule has 1 rings (SSSR count). The van der Waals surface area contributed by atoms with Crippen LogP contribution in [-0.4, -0.2) is 30.9 Å². The van der Waals surface area contributed by atoms with E-state index in [9.17, 15) is 13.6 Å². The number of hydrogen-bond donors (Lipinski definition) is 1. The number of carbonyl (C=O) groups excluding carboxylic acids is 1. The van der Waals surface area contributed by atoms with Gasteiger partial charge in [-0.2, -0.15) is 0 Å². The van der Waals surface area contributed by atoms with Crippen LogP contribution in [0.3, 0.4) is 0 Å². The molecular weight excluding hydrogens is 238 g/mol. The van der Waals surface area contributed by atoms with Crippen LogP contribution in [0.5, 0.6) is 0 Å². The first-order valence-corrected chi connectivity index (χ1v) is 5.67. The van der Waals surface area contributed by atoms with E-state index in [-0.39, 0.29) is 11.0 Å². The van der Waals surface area contributed by atoms with Crippen molar-refractivity contribution in [1.82, 2.24) is 4.90 Å². The molecule has 0 bridgehead atoms. The van der Waals surface area contributed by atoms with E-state index in [0.717, 1.165) is 12.1 Å². The topological polar surface area (TPSA) is 46.3 Å². The zero-order chi connectivity index (χ0) is 13.9. The third-order valence-electron chi connectivity index (χ3n) is 2.73. The minimum absolute atomic E-state index is 0.133. The number of carbonyl (C=O) groups is 1. The van der Waals surface area contributed by atoms with Crippen LogP contribution in [0.25, 0.3) is 0 Å². The molecule has 1 amide bonds. The fourth-order valence-electron chi connectivity index (χ4n) is 1.65. The van der Waals surface area contributed by atoms with Crippen molar-refractivity contribution in [2.24, 2.45) is 11.1 Å². The predicted octanol–water partition coefficient (Wildman–Crippen LogP) is 2.02. The summed E-state index contributed by atoms with van der Waals surface area (Å²) in [6.07, 6.45) is 0. The molecule has 1 aromatic rings. The molecule has 0 spiro atoms. The van der Waals surface area contributed by atoms with Crippen LogP contribution in [0.1, 0.15) is 24.2 Å². The first-order valence-electron chi connectivity index (χ1n) is 5.67. The van der Waals surface area contributed by atoms with Gasteiger partial charge in [-0.1, -0.05) is 13.8 Å².